The second-order valence-electron chi connectivity index (χ2n) is 10.3. The number of ether oxygens (including phenoxy) is 1. The Hall–Kier alpha value is -4.12. The molecule has 1 aliphatic heterocycles. The Morgan fingerprint density at radius 1 is 0.860 bits per heavy atom. The van der Waals surface area contributed by atoms with Crippen molar-refractivity contribution < 1.29 is 22.3 Å². The van der Waals surface area contributed by atoms with Gasteiger partial charge >= 0.3 is 6.03 Å². The molecule has 1 heterocycles. The van der Waals surface area contributed by atoms with E-state index < -0.39 is 10.0 Å². The highest BCUT2D eigenvalue weighted by atomic mass is 35.5. The van der Waals surface area contributed by atoms with Gasteiger partial charge in [0.15, 0.2) is 0 Å². The van der Waals surface area contributed by atoms with Crippen LogP contribution in [-0.4, -0.2) is 44.7 Å². The molecule has 1 fully saturated rings. The van der Waals surface area contributed by atoms with Crippen LogP contribution in [0.15, 0.2) is 103 Å². The third kappa shape index (κ3) is 9.18. The number of amides is 2. The van der Waals surface area contributed by atoms with E-state index in [-0.39, 0.29) is 30.3 Å². The highest BCUT2D eigenvalue weighted by molar-refractivity contribution is 7.92. The van der Waals surface area contributed by atoms with Crippen LogP contribution in [0.1, 0.15) is 18.4 Å². The average Bonchev–Trinajstić information content (AvgIpc) is 2.97. The van der Waals surface area contributed by atoms with E-state index in [2.05, 4.69) is 14.9 Å². The van der Waals surface area contributed by atoms with Crippen LogP contribution in [0.4, 0.5) is 26.2 Å². The lowest BCUT2D eigenvalue weighted by atomic mass is 10.0. The second-order valence-corrected chi connectivity index (χ2v) is 12.0. The van der Waals surface area contributed by atoms with E-state index in [9.17, 15) is 17.6 Å². The fourth-order valence-corrected chi connectivity index (χ4v) is 5.56. The number of nitrogens with zero attached hydrogens (tertiary/aromatic N) is 2. The van der Waals surface area contributed by atoms with Crippen molar-refractivity contribution >= 4 is 45.5 Å². The summed E-state index contributed by atoms with van der Waals surface area (Å²) in [6.45, 7) is 2.46. The van der Waals surface area contributed by atoms with Crippen molar-refractivity contribution in [2.45, 2.75) is 25.4 Å². The number of urea groups is 1. The summed E-state index contributed by atoms with van der Waals surface area (Å²) in [6, 6.07) is 29.8. The van der Waals surface area contributed by atoms with Crippen LogP contribution in [-0.2, 0) is 16.6 Å². The Balaban J connectivity index is 0.00000423. The minimum absolute atomic E-state index is 0. The van der Waals surface area contributed by atoms with Gasteiger partial charge in [0.2, 0.25) is 10.0 Å². The number of nitrogens with one attached hydrogen (secondary N) is 2. The van der Waals surface area contributed by atoms with Gasteiger partial charge in [-0.2, -0.15) is 0 Å². The number of benzene rings is 4. The summed E-state index contributed by atoms with van der Waals surface area (Å²) >= 11 is 0. The predicted octanol–water partition coefficient (Wildman–Crippen LogP) is 7.11. The maximum atomic E-state index is 13.4. The summed E-state index contributed by atoms with van der Waals surface area (Å²) in [4.78, 5) is 17.6. The van der Waals surface area contributed by atoms with Gasteiger partial charge in [0.05, 0.1) is 6.26 Å². The summed E-state index contributed by atoms with van der Waals surface area (Å²) in [5, 5.41) is 2.92. The molecule has 0 radical (unpaired) electrons. The fraction of sp³-hybridized carbons (Fsp3) is 0.219. The van der Waals surface area contributed by atoms with E-state index in [1.54, 1.807) is 36.4 Å². The first kappa shape index (κ1) is 31.8. The smallest absolute Gasteiger partial charge is 0.326 e. The molecule has 5 rings (SSSR count). The van der Waals surface area contributed by atoms with Crippen molar-refractivity contribution in [3.05, 3.63) is 115 Å². The molecule has 0 spiro atoms. The molecule has 1 aliphatic rings. The van der Waals surface area contributed by atoms with Crippen LogP contribution in [0.2, 0.25) is 0 Å². The number of carbonyl (C=O) groups is 1. The van der Waals surface area contributed by atoms with Crippen LogP contribution in [0.5, 0.6) is 11.5 Å². The summed E-state index contributed by atoms with van der Waals surface area (Å²) in [7, 11) is -3.33. The number of para-hydroxylation sites is 1. The van der Waals surface area contributed by atoms with Gasteiger partial charge in [0.25, 0.3) is 0 Å². The molecule has 2 N–H and O–H groups in total. The number of rotatable bonds is 9. The Bertz CT molecular complexity index is 1580. The third-order valence-electron chi connectivity index (χ3n) is 6.99. The van der Waals surface area contributed by atoms with Crippen LogP contribution in [0.3, 0.4) is 0 Å². The van der Waals surface area contributed by atoms with E-state index in [0.29, 0.717) is 22.9 Å². The first-order chi connectivity index (χ1) is 20.2. The average molecular weight is 625 g/mol. The van der Waals surface area contributed by atoms with Gasteiger partial charge in [-0.05, 0) is 91.2 Å². The normalized spacial score (nSPS) is 13.9. The molecule has 4 aromatic rings. The molecule has 43 heavy (non-hydrogen) atoms. The molecule has 0 aromatic heterocycles. The topological polar surface area (TPSA) is 91.0 Å². The number of hydrogen-bond acceptors (Lipinski definition) is 5. The van der Waals surface area contributed by atoms with Crippen molar-refractivity contribution in [2.24, 2.45) is 0 Å². The maximum absolute atomic E-state index is 13.4. The van der Waals surface area contributed by atoms with Crippen molar-refractivity contribution in [1.82, 2.24) is 4.90 Å². The summed E-state index contributed by atoms with van der Waals surface area (Å²) in [5.41, 5.74) is 3.01. The van der Waals surface area contributed by atoms with Gasteiger partial charge in [-0.25, -0.2) is 17.6 Å². The Morgan fingerprint density at radius 2 is 1.42 bits per heavy atom. The molecular weight excluding hydrogens is 591 g/mol. The highest BCUT2D eigenvalue weighted by Gasteiger charge is 2.29. The predicted molar refractivity (Wildman–Crippen MR) is 171 cm³/mol. The largest absolute Gasteiger partial charge is 0.457 e. The Kier molecular flexibility index (Phi) is 10.6. The molecule has 11 heteroatoms. The van der Waals surface area contributed by atoms with Gasteiger partial charge in [-0.15, -0.1) is 12.4 Å². The van der Waals surface area contributed by atoms with Crippen molar-refractivity contribution in [2.75, 3.05) is 34.3 Å². The van der Waals surface area contributed by atoms with E-state index in [1.807, 2.05) is 59.5 Å². The number of piperidine rings is 1. The van der Waals surface area contributed by atoms with Gasteiger partial charge in [-0.3, -0.25) is 14.5 Å². The molecule has 0 aliphatic carbocycles. The Labute approximate surface area is 257 Å². The zero-order chi connectivity index (χ0) is 29.5. The van der Waals surface area contributed by atoms with Crippen molar-refractivity contribution in [3.8, 4) is 11.5 Å². The van der Waals surface area contributed by atoms with Crippen molar-refractivity contribution in [3.63, 3.8) is 0 Å². The fourth-order valence-electron chi connectivity index (χ4n) is 5.00. The quantitative estimate of drug-likeness (QED) is 0.207. The monoisotopic (exact) mass is 624 g/mol. The second kappa shape index (κ2) is 14.4. The minimum atomic E-state index is -3.33. The summed E-state index contributed by atoms with van der Waals surface area (Å²) in [5.74, 6) is 0.945. The lowest BCUT2D eigenvalue weighted by Crippen LogP contribution is -2.49. The van der Waals surface area contributed by atoms with E-state index in [4.69, 9.17) is 4.74 Å². The Morgan fingerprint density at radius 3 is 2.00 bits per heavy atom. The number of halogens is 2. The third-order valence-corrected chi connectivity index (χ3v) is 7.60. The minimum Gasteiger partial charge on any atom is -0.457 e. The van der Waals surface area contributed by atoms with Crippen LogP contribution in [0.25, 0.3) is 0 Å². The van der Waals surface area contributed by atoms with Gasteiger partial charge in [0, 0.05) is 42.7 Å². The molecule has 0 bridgehead atoms. The standard InChI is InChI=1S/C32H33FN4O4S.ClH/c1-42(39,40)35-27-13-17-31(18-14-27)41-30-15-7-24(8-16-30)23-36-21-19-29(20-22-36)37(28-5-3-2-4-6-28)32(38)34-26-11-9-25(33)10-12-26;/h2-18,29,35H,19-23H2,1H3,(H,34,38);1H. The molecule has 0 saturated carbocycles. The summed E-state index contributed by atoms with van der Waals surface area (Å²) in [6.07, 6.45) is 2.74. The van der Waals surface area contributed by atoms with E-state index >= 15 is 0 Å². The number of anilines is 3. The molecule has 0 unspecified atom stereocenters. The number of sulfonamides is 1. The number of likely N-dealkylation sites (tertiary alicyclic amines) is 1. The molecule has 2 amide bonds. The zero-order valence-electron chi connectivity index (χ0n) is 23.6. The number of carbonyl (C=O) groups excluding carboxylic acids is 1. The molecule has 226 valence electrons. The maximum Gasteiger partial charge on any atom is 0.326 e. The first-order valence-corrected chi connectivity index (χ1v) is 15.6. The molecule has 1 saturated heterocycles. The molecule has 8 nitrogen and oxygen atoms in total. The first-order valence-electron chi connectivity index (χ1n) is 13.7. The lowest BCUT2D eigenvalue weighted by Gasteiger charge is -2.38. The van der Waals surface area contributed by atoms with Crippen LogP contribution >= 0.6 is 12.4 Å². The van der Waals surface area contributed by atoms with Crippen molar-refractivity contribution in [1.29, 1.82) is 0 Å². The van der Waals surface area contributed by atoms with E-state index in [0.717, 1.165) is 50.0 Å². The van der Waals surface area contributed by atoms with Crippen LogP contribution < -0.4 is 19.7 Å². The zero-order valence-corrected chi connectivity index (χ0v) is 25.3. The lowest BCUT2D eigenvalue weighted by molar-refractivity contribution is 0.199. The molecular formula is C32H34ClFN4O4S. The highest BCUT2D eigenvalue weighted by Crippen LogP contribution is 2.27. The van der Waals surface area contributed by atoms with Crippen LogP contribution in [0, 0.1) is 5.82 Å². The number of hydrogen-bond donors (Lipinski definition) is 2. The van der Waals surface area contributed by atoms with E-state index in [1.165, 1.54) is 12.1 Å². The molecule has 0 atom stereocenters. The SMILES string of the molecule is CS(=O)(=O)Nc1ccc(Oc2ccc(CN3CCC(N(C(=O)Nc4ccc(F)cc4)c4ccccc4)CC3)cc2)cc1.Cl. The molecule has 4 aromatic carbocycles. The van der Waals surface area contributed by atoms with Gasteiger partial charge in [-0.1, -0.05) is 30.3 Å². The van der Waals surface area contributed by atoms with Gasteiger partial charge in [0.1, 0.15) is 17.3 Å². The van der Waals surface area contributed by atoms with Gasteiger partial charge < -0.3 is 10.1 Å². The summed E-state index contributed by atoms with van der Waals surface area (Å²) < 4.78 is 44.4.